The second-order valence-corrected chi connectivity index (χ2v) is 4.09. The third-order valence-corrected chi connectivity index (χ3v) is 2.75. The summed E-state index contributed by atoms with van der Waals surface area (Å²) >= 11 is 0. The summed E-state index contributed by atoms with van der Waals surface area (Å²) in [6, 6.07) is 14.1. The van der Waals surface area contributed by atoms with Crippen LogP contribution < -0.4 is 5.32 Å². The van der Waals surface area contributed by atoms with Crippen LogP contribution in [-0.4, -0.2) is 0 Å². The molecule has 0 radical (unpaired) electrons. The molecule has 0 fully saturated rings. The summed E-state index contributed by atoms with van der Waals surface area (Å²) in [7, 11) is 0. The van der Waals surface area contributed by atoms with Gasteiger partial charge in [-0.3, -0.25) is 0 Å². The highest BCUT2D eigenvalue weighted by molar-refractivity contribution is 5.62. The maximum atomic E-state index is 13.0. The molecule has 1 N–H and O–H groups in total. The Morgan fingerprint density at radius 1 is 1.22 bits per heavy atom. The van der Waals surface area contributed by atoms with Crippen molar-refractivity contribution in [1.82, 2.24) is 0 Å². The molecule has 0 heterocycles. The second kappa shape index (κ2) is 5.33. The van der Waals surface area contributed by atoms with Crippen molar-refractivity contribution in [2.45, 2.75) is 13.5 Å². The summed E-state index contributed by atoms with van der Waals surface area (Å²) in [5.41, 5.74) is 3.27. The van der Waals surface area contributed by atoms with Crippen molar-refractivity contribution >= 4 is 5.69 Å². The van der Waals surface area contributed by atoms with Crippen LogP contribution in [0.2, 0.25) is 0 Å². The van der Waals surface area contributed by atoms with Crippen LogP contribution in [-0.2, 0) is 6.54 Å². The highest BCUT2D eigenvalue weighted by Crippen LogP contribution is 2.20. The maximum Gasteiger partial charge on any atom is 0.123 e. The molecular formula is C15H13FN2. The minimum Gasteiger partial charge on any atom is -0.380 e. The average Bonchev–Trinajstić information content (AvgIpc) is 2.37. The molecule has 2 aromatic rings. The molecule has 0 unspecified atom stereocenters. The molecule has 2 nitrogen and oxygen atoms in total. The SMILES string of the molecule is Cc1cccc(C#N)c1NCc1cccc(F)c1. The zero-order chi connectivity index (χ0) is 13.0. The van der Waals surface area contributed by atoms with Crippen molar-refractivity contribution in [3.05, 3.63) is 65.0 Å². The number of benzene rings is 2. The largest absolute Gasteiger partial charge is 0.380 e. The molecular weight excluding hydrogens is 227 g/mol. The molecule has 18 heavy (non-hydrogen) atoms. The quantitative estimate of drug-likeness (QED) is 0.889. The van der Waals surface area contributed by atoms with Gasteiger partial charge in [0.2, 0.25) is 0 Å². The second-order valence-electron chi connectivity index (χ2n) is 4.09. The van der Waals surface area contributed by atoms with Gasteiger partial charge in [0, 0.05) is 6.54 Å². The first-order chi connectivity index (χ1) is 8.70. The molecule has 0 saturated heterocycles. The van der Waals surface area contributed by atoms with Gasteiger partial charge in [0.25, 0.3) is 0 Å². The molecule has 0 bridgehead atoms. The number of halogens is 1. The molecule has 3 heteroatoms. The molecule has 0 spiro atoms. The van der Waals surface area contributed by atoms with E-state index < -0.39 is 0 Å². The van der Waals surface area contributed by atoms with E-state index in [1.54, 1.807) is 12.1 Å². The monoisotopic (exact) mass is 240 g/mol. The minimum atomic E-state index is -0.250. The van der Waals surface area contributed by atoms with E-state index in [2.05, 4.69) is 11.4 Å². The predicted molar refractivity (Wildman–Crippen MR) is 69.6 cm³/mol. The van der Waals surface area contributed by atoms with Gasteiger partial charge in [0.05, 0.1) is 11.3 Å². The first kappa shape index (κ1) is 12.1. The van der Waals surface area contributed by atoms with E-state index in [4.69, 9.17) is 5.26 Å². The van der Waals surface area contributed by atoms with Gasteiger partial charge < -0.3 is 5.32 Å². The first-order valence-electron chi connectivity index (χ1n) is 5.69. The molecule has 0 aliphatic heterocycles. The highest BCUT2D eigenvalue weighted by Gasteiger charge is 2.04. The van der Waals surface area contributed by atoms with Gasteiger partial charge in [-0.15, -0.1) is 0 Å². The van der Waals surface area contributed by atoms with Crippen molar-refractivity contribution in [3.63, 3.8) is 0 Å². The Morgan fingerprint density at radius 3 is 2.72 bits per heavy atom. The summed E-state index contributed by atoms with van der Waals surface area (Å²) in [6.07, 6.45) is 0. The Kier molecular flexibility index (Phi) is 3.59. The Morgan fingerprint density at radius 2 is 2.00 bits per heavy atom. The summed E-state index contributed by atoms with van der Waals surface area (Å²) in [5.74, 6) is -0.250. The first-order valence-corrected chi connectivity index (χ1v) is 5.69. The van der Waals surface area contributed by atoms with Crippen LogP contribution in [0, 0.1) is 24.1 Å². The van der Waals surface area contributed by atoms with Gasteiger partial charge in [0.15, 0.2) is 0 Å². The van der Waals surface area contributed by atoms with Crippen LogP contribution in [0.15, 0.2) is 42.5 Å². The molecule has 0 amide bonds. The van der Waals surface area contributed by atoms with Crippen molar-refractivity contribution in [1.29, 1.82) is 5.26 Å². The molecule has 0 aliphatic carbocycles. The summed E-state index contributed by atoms with van der Waals surface area (Å²) in [4.78, 5) is 0. The molecule has 0 aliphatic rings. The number of para-hydroxylation sites is 1. The van der Waals surface area contributed by atoms with Crippen LogP contribution in [0.3, 0.4) is 0 Å². The van der Waals surface area contributed by atoms with Crippen LogP contribution >= 0.6 is 0 Å². The number of rotatable bonds is 3. The number of hydrogen-bond acceptors (Lipinski definition) is 2. The lowest BCUT2D eigenvalue weighted by Gasteiger charge is -2.11. The normalized spacial score (nSPS) is 9.83. The Bertz CT molecular complexity index is 600. The van der Waals surface area contributed by atoms with E-state index in [-0.39, 0.29) is 5.82 Å². The molecule has 2 rings (SSSR count). The lowest BCUT2D eigenvalue weighted by Crippen LogP contribution is -2.03. The topological polar surface area (TPSA) is 35.8 Å². The smallest absolute Gasteiger partial charge is 0.123 e. The van der Waals surface area contributed by atoms with E-state index in [0.29, 0.717) is 12.1 Å². The Hall–Kier alpha value is -2.34. The van der Waals surface area contributed by atoms with Gasteiger partial charge in [-0.25, -0.2) is 4.39 Å². The number of nitrogens with one attached hydrogen (secondary N) is 1. The maximum absolute atomic E-state index is 13.0. The van der Waals surface area contributed by atoms with Gasteiger partial charge in [-0.1, -0.05) is 24.3 Å². The minimum absolute atomic E-state index is 0.250. The Balaban J connectivity index is 2.18. The third kappa shape index (κ3) is 2.67. The molecule has 0 aromatic heterocycles. The summed E-state index contributed by atoms with van der Waals surface area (Å²) in [6.45, 7) is 2.44. The van der Waals surface area contributed by atoms with Crippen molar-refractivity contribution in [3.8, 4) is 6.07 Å². The fourth-order valence-electron chi connectivity index (χ4n) is 1.83. The zero-order valence-corrected chi connectivity index (χ0v) is 10.1. The standard InChI is InChI=1S/C15H13FN2/c1-11-4-2-6-13(9-17)15(11)18-10-12-5-3-7-14(16)8-12/h2-8,18H,10H2,1H3. The van der Waals surface area contributed by atoms with Crippen molar-refractivity contribution in [2.24, 2.45) is 0 Å². The van der Waals surface area contributed by atoms with Gasteiger partial charge >= 0.3 is 0 Å². The lowest BCUT2D eigenvalue weighted by atomic mass is 10.1. The van der Waals surface area contributed by atoms with E-state index in [1.165, 1.54) is 12.1 Å². The van der Waals surface area contributed by atoms with Crippen molar-refractivity contribution < 1.29 is 4.39 Å². The van der Waals surface area contributed by atoms with Crippen molar-refractivity contribution in [2.75, 3.05) is 5.32 Å². The number of nitrogens with zero attached hydrogens (tertiary/aromatic N) is 1. The van der Waals surface area contributed by atoms with Crippen LogP contribution in [0.5, 0.6) is 0 Å². The van der Waals surface area contributed by atoms with E-state index in [0.717, 1.165) is 16.8 Å². The number of anilines is 1. The highest BCUT2D eigenvalue weighted by atomic mass is 19.1. The number of aryl methyl sites for hydroxylation is 1. The van der Waals surface area contributed by atoms with Gasteiger partial charge in [0.1, 0.15) is 11.9 Å². The third-order valence-electron chi connectivity index (χ3n) is 2.75. The number of nitriles is 1. The zero-order valence-electron chi connectivity index (χ0n) is 10.1. The van der Waals surface area contributed by atoms with Crippen LogP contribution in [0.4, 0.5) is 10.1 Å². The van der Waals surface area contributed by atoms with E-state index in [1.807, 2.05) is 25.1 Å². The van der Waals surface area contributed by atoms with E-state index in [9.17, 15) is 4.39 Å². The summed E-state index contributed by atoms with van der Waals surface area (Å²) < 4.78 is 13.0. The Labute approximate surface area is 106 Å². The number of hydrogen-bond donors (Lipinski definition) is 1. The average molecular weight is 240 g/mol. The molecule has 0 saturated carbocycles. The fourth-order valence-corrected chi connectivity index (χ4v) is 1.83. The fraction of sp³-hybridized carbons (Fsp3) is 0.133. The summed E-state index contributed by atoms with van der Waals surface area (Å²) in [5, 5.41) is 12.2. The predicted octanol–water partition coefficient (Wildman–Crippen LogP) is 3.62. The van der Waals surface area contributed by atoms with Crippen LogP contribution in [0.1, 0.15) is 16.7 Å². The molecule has 90 valence electrons. The molecule has 2 aromatic carbocycles. The van der Waals surface area contributed by atoms with Crippen LogP contribution in [0.25, 0.3) is 0 Å². The van der Waals surface area contributed by atoms with Gasteiger partial charge in [-0.2, -0.15) is 5.26 Å². The van der Waals surface area contributed by atoms with Gasteiger partial charge in [-0.05, 0) is 36.2 Å². The van der Waals surface area contributed by atoms with E-state index >= 15 is 0 Å². The molecule has 0 atom stereocenters. The lowest BCUT2D eigenvalue weighted by molar-refractivity contribution is 0.626.